The summed E-state index contributed by atoms with van der Waals surface area (Å²) in [5, 5.41) is 3.49. The molecule has 2 heterocycles. The van der Waals surface area contributed by atoms with Gasteiger partial charge in [0.15, 0.2) is 0 Å². The largest absolute Gasteiger partial charge is 0.279 e. The van der Waals surface area contributed by atoms with Gasteiger partial charge in [-0.3, -0.25) is 4.72 Å². The molecule has 0 bridgehead atoms. The first-order valence-electron chi connectivity index (χ1n) is 7.64. The van der Waals surface area contributed by atoms with Gasteiger partial charge in [0.25, 0.3) is 10.0 Å². The summed E-state index contributed by atoms with van der Waals surface area (Å²) in [5.74, 6) is 0. The standard InChI is InChI=1S/C17H17ClN2O2S3/c1-4-17-19-14(9-23-17)15-8-16(11(3)24-15)25(21,22)20-13-7-12(18)6-5-10(13)2/h5-9,20H,4H2,1-3H3. The molecule has 0 atom stereocenters. The molecule has 25 heavy (non-hydrogen) atoms. The third kappa shape index (κ3) is 3.89. The number of nitrogens with one attached hydrogen (secondary N) is 1. The van der Waals surface area contributed by atoms with Gasteiger partial charge in [0.05, 0.1) is 21.3 Å². The van der Waals surface area contributed by atoms with Gasteiger partial charge in [-0.05, 0) is 44.0 Å². The lowest BCUT2D eigenvalue weighted by molar-refractivity contribution is 0.601. The van der Waals surface area contributed by atoms with Crippen LogP contribution in [-0.2, 0) is 16.4 Å². The van der Waals surface area contributed by atoms with E-state index in [0.29, 0.717) is 10.7 Å². The Hall–Kier alpha value is -1.41. The average Bonchev–Trinajstić information content (AvgIpc) is 3.17. The summed E-state index contributed by atoms with van der Waals surface area (Å²) >= 11 is 9.01. The van der Waals surface area contributed by atoms with Crippen LogP contribution >= 0.6 is 34.3 Å². The van der Waals surface area contributed by atoms with Crippen LogP contribution in [0.2, 0.25) is 5.02 Å². The molecule has 0 fully saturated rings. The van der Waals surface area contributed by atoms with Crippen LogP contribution in [0, 0.1) is 13.8 Å². The van der Waals surface area contributed by atoms with E-state index in [-0.39, 0.29) is 4.90 Å². The molecule has 4 nitrogen and oxygen atoms in total. The Labute approximate surface area is 160 Å². The Balaban J connectivity index is 1.96. The van der Waals surface area contributed by atoms with Gasteiger partial charge in [-0.2, -0.15) is 0 Å². The third-order valence-electron chi connectivity index (χ3n) is 3.71. The second-order valence-corrected chi connectivity index (χ2v) is 9.86. The smallest absolute Gasteiger partial charge is 0.263 e. The second-order valence-electron chi connectivity index (χ2n) is 5.58. The van der Waals surface area contributed by atoms with Crippen LogP contribution in [0.1, 0.15) is 22.4 Å². The molecule has 1 aromatic carbocycles. The van der Waals surface area contributed by atoms with Gasteiger partial charge >= 0.3 is 0 Å². The molecule has 0 aliphatic carbocycles. The minimum atomic E-state index is -3.69. The van der Waals surface area contributed by atoms with E-state index >= 15 is 0 Å². The number of anilines is 1. The molecule has 3 rings (SSSR count). The predicted octanol–water partition coefficient (Wildman–Crippen LogP) is 5.51. The van der Waals surface area contributed by atoms with Crippen LogP contribution in [-0.4, -0.2) is 13.4 Å². The summed E-state index contributed by atoms with van der Waals surface area (Å²) in [6.07, 6.45) is 0.871. The van der Waals surface area contributed by atoms with E-state index in [4.69, 9.17) is 11.6 Å². The number of hydrogen-bond acceptors (Lipinski definition) is 5. The summed E-state index contributed by atoms with van der Waals surface area (Å²) in [4.78, 5) is 6.41. The highest BCUT2D eigenvalue weighted by molar-refractivity contribution is 7.93. The van der Waals surface area contributed by atoms with Gasteiger partial charge < -0.3 is 0 Å². The molecular weight excluding hydrogens is 396 g/mol. The topological polar surface area (TPSA) is 59.1 Å². The van der Waals surface area contributed by atoms with Crippen molar-refractivity contribution in [3.63, 3.8) is 0 Å². The summed E-state index contributed by atoms with van der Waals surface area (Å²) in [6.45, 7) is 5.69. The number of sulfonamides is 1. The SMILES string of the molecule is CCc1nc(-c2cc(S(=O)(=O)Nc3cc(Cl)ccc3C)c(C)s2)cs1. The quantitative estimate of drug-likeness (QED) is 0.601. The number of nitrogens with zero attached hydrogens (tertiary/aromatic N) is 1. The lowest BCUT2D eigenvalue weighted by Crippen LogP contribution is -2.13. The molecule has 0 amide bonds. The number of thiazole rings is 1. The van der Waals surface area contributed by atoms with Crippen LogP contribution in [0.4, 0.5) is 5.69 Å². The van der Waals surface area contributed by atoms with Gasteiger partial charge in [0, 0.05) is 15.3 Å². The number of benzene rings is 1. The highest BCUT2D eigenvalue weighted by atomic mass is 35.5. The Bertz CT molecular complexity index is 1020. The third-order valence-corrected chi connectivity index (χ3v) is 7.63. The zero-order chi connectivity index (χ0) is 18.2. The molecule has 0 unspecified atom stereocenters. The molecule has 0 radical (unpaired) electrons. The van der Waals surface area contributed by atoms with Crippen LogP contribution in [0.5, 0.6) is 0 Å². The molecule has 2 aromatic heterocycles. The zero-order valence-corrected chi connectivity index (χ0v) is 17.2. The van der Waals surface area contributed by atoms with Crippen molar-refractivity contribution >= 4 is 50.0 Å². The van der Waals surface area contributed by atoms with E-state index in [1.807, 2.05) is 12.3 Å². The molecule has 3 aromatic rings. The Morgan fingerprint density at radius 2 is 2.00 bits per heavy atom. The second kappa shape index (κ2) is 7.07. The minimum absolute atomic E-state index is 0.276. The van der Waals surface area contributed by atoms with Gasteiger partial charge in [-0.25, -0.2) is 13.4 Å². The van der Waals surface area contributed by atoms with Crippen molar-refractivity contribution < 1.29 is 8.42 Å². The molecule has 8 heteroatoms. The first-order chi connectivity index (χ1) is 11.8. The molecule has 0 saturated carbocycles. The number of hydrogen-bond donors (Lipinski definition) is 1. The van der Waals surface area contributed by atoms with Gasteiger partial charge in [-0.1, -0.05) is 24.6 Å². The van der Waals surface area contributed by atoms with Crippen molar-refractivity contribution in [1.29, 1.82) is 0 Å². The Morgan fingerprint density at radius 3 is 2.68 bits per heavy atom. The molecule has 1 N–H and O–H groups in total. The Kier molecular flexibility index (Phi) is 5.20. The van der Waals surface area contributed by atoms with E-state index in [1.54, 1.807) is 42.5 Å². The predicted molar refractivity (Wildman–Crippen MR) is 107 cm³/mol. The molecular formula is C17H17ClN2O2S3. The summed E-state index contributed by atoms with van der Waals surface area (Å²) in [6, 6.07) is 6.82. The summed E-state index contributed by atoms with van der Waals surface area (Å²) in [5.41, 5.74) is 2.13. The fourth-order valence-electron chi connectivity index (χ4n) is 2.35. The molecule has 0 saturated heterocycles. The van der Waals surface area contributed by atoms with Crippen molar-refractivity contribution in [3.05, 3.63) is 50.1 Å². The van der Waals surface area contributed by atoms with Gasteiger partial charge in [0.2, 0.25) is 0 Å². The first kappa shape index (κ1) is 18.4. The van der Waals surface area contributed by atoms with E-state index < -0.39 is 10.0 Å². The Morgan fingerprint density at radius 1 is 1.24 bits per heavy atom. The van der Waals surface area contributed by atoms with Crippen LogP contribution < -0.4 is 4.72 Å². The van der Waals surface area contributed by atoms with Crippen molar-refractivity contribution in [2.45, 2.75) is 32.1 Å². The maximum absolute atomic E-state index is 12.8. The average molecular weight is 413 g/mol. The maximum Gasteiger partial charge on any atom is 0.263 e. The molecule has 0 aliphatic rings. The van der Waals surface area contributed by atoms with Crippen LogP contribution in [0.3, 0.4) is 0 Å². The van der Waals surface area contributed by atoms with E-state index in [1.165, 1.54) is 11.3 Å². The summed E-state index contributed by atoms with van der Waals surface area (Å²) < 4.78 is 28.3. The number of rotatable bonds is 5. The minimum Gasteiger partial charge on any atom is -0.279 e. The van der Waals surface area contributed by atoms with Crippen molar-refractivity contribution in [2.24, 2.45) is 0 Å². The number of thiophene rings is 1. The number of aromatic nitrogens is 1. The lowest BCUT2D eigenvalue weighted by Gasteiger charge is -2.10. The zero-order valence-electron chi connectivity index (χ0n) is 14.0. The van der Waals surface area contributed by atoms with Crippen molar-refractivity contribution in [2.75, 3.05) is 4.72 Å². The number of aryl methyl sites for hydroxylation is 3. The maximum atomic E-state index is 12.8. The van der Waals surface area contributed by atoms with E-state index in [2.05, 4.69) is 16.6 Å². The van der Waals surface area contributed by atoms with E-state index in [0.717, 1.165) is 32.4 Å². The highest BCUT2D eigenvalue weighted by Crippen LogP contribution is 2.35. The van der Waals surface area contributed by atoms with Crippen molar-refractivity contribution in [3.8, 4) is 10.6 Å². The fourth-order valence-corrected chi connectivity index (χ4v) is 6.02. The number of halogens is 1. The monoisotopic (exact) mass is 412 g/mol. The van der Waals surface area contributed by atoms with Crippen molar-refractivity contribution in [1.82, 2.24) is 4.98 Å². The molecule has 0 spiro atoms. The summed E-state index contributed by atoms with van der Waals surface area (Å²) in [7, 11) is -3.69. The van der Waals surface area contributed by atoms with E-state index in [9.17, 15) is 8.42 Å². The van der Waals surface area contributed by atoms with Gasteiger partial charge in [0.1, 0.15) is 4.90 Å². The van der Waals surface area contributed by atoms with Gasteiger partial charge in [-0.15, -0.1) is 22.7 Å². The highest BCUT2D eigenvalue weighted by Gasteiger charge is 2.22. The van der Waals surface area contributed by atoms with Crippen LogP contribution in [0.25, 0.3) is 10.6 Å². The lowest BCUT2D eigenvalue weighted by atomic mass is 10.2. The first-order valence-corrected chi connectivity index (χ1v) is 11.2. The fraction of sp³-hybridized carbons (Fsp3) is 0.235. The molecule has 0 aliphatic heterocycles. The normalized spacial score (nSPS) is 11.7. The molecule has 132 valence electrons. The van der Waals surface area contributed by atoms with Crippen LogP contribution in [0.15, 0.2) is 34.5 Å².